The Morgan fingerprint density at radius 1 is 1.23 bits per heavy atom. The van der Waals surface area contributed by atoms with Crippen molar-refractivity contribution in [2.75, 3.05) is 13.2 Å². The first-order chi connectivity index (χ1) is 12.0. The fraction of sp³-hybridized carbons (Fsp3) is 0.533. The number of benzene rings is 1. The Morgan fingerprint density at radius 3 is 2.23 bits per heavy atom. The predicted molar refractivity (Wildman–Crippen MR) is 88.7 cm³/mol. The molecule has 11 heteroatoms. The van der Waals surface area contributed by atoms with E-state index in [1.165, 1.54) is 0 Å². The third-order valence-electron chi connectivity index (χ3n) is 3.20. The van der Waals surface area contributed by atoms with Crippen LogP contribution in [0, 0.1) is 0 Å². The Hall–Kier alpha value is -1.58. The maximum absolute atomic E-state index is 13.5. The van der Waals surface area contributed by atoms with Gasteiger partial charge in [0, 0.05) is 25.3 Å². The summed E-state index contributed by atoms with van der Waals surface area (Å²) in [6.07, 6.45) is -4.62. The Balaban J connectivity index is 2.02. The summed E-state index contributed by atoms with van der Waals surface area (Å²) in [6.45, 7) is 4.16. The van der Waals surface area contributed by atoms with Crippen molar-refractivity contribution in [3.05, 3.63) is 22.2 Å². The number of nitrogens with one attached hydrogen (secondary N) is 2. The molecule has 0 fully saturated rings. The summed E-state index contributed by atoms with van der Waals surface area (Å²) >= 11 is 11.5. The number of hydrogen-bond donors (Lipinski definition) is 2. The van der Waals surface area contributed by atoms with Gasteiger partial charge in [-0.3, -0.25) is 5.32 Å². The third-order valence-corrected chi connectivity index (χ3v) is 3.93. The van der Waals surface area contributed by atoms with Gasteiger partial charge in [-0.15, -0.1) is 0 Å². The molecule has 0 unspecified atom stereocenters. The largest absolute Gasteiger partial charge is 0.492 e. The molecule has 146 valence electrons. The number of rotatable bonds is 6. The van der Waals surface area contributed by atoms with E-state index >= 15 is 0 Å². The molecule has 0 aliphatic carbocycles. The molecule has 2 amide bonds. The number of ether oxygens (including phenoxy) is 3. The van der Waals surface area contributed by atoms with E-state index in [0.29, 0.717) is 13.0 Å². The van der Waals surface area contributed by atoms with Crippen molar-refractivity contribution in [1.29, 1.82) is 0 Å². The predicted octanol–water partition coefficient (Wildman–Crippen LogP) is 4.10. The molecule has 0 saturated heterocycles. The first-order valence-corrected chi connectivity index (χ1v) is 8.41. The highest BCUT2D eigenvalue weighted by atomic mass is 35.5. The fourth-order valence-electron chi connectivity index (χ4n) is 2.02. The van der Waals surface area contributed by atoms with E-state index in [2.05, 4.69) is 5.32 Å². The molecule has 0 atom stereocenters. The number of halogens is 5. The minimum Gasteiger partial charge on any atom is -0.424 e. The fourth-order valence-corrected chi connectivity index (χ4v) is 2.33. The zero-order chi connectivity index (χ0) is 19.5. The van der Waals surface area contributed by atoms with Gasteiger partial charge in [-0.05, 0) is 20.3 Å². The standard InChI is InChI=1S/C15H17Cl2F3N2O4/c1-8(2)24-5-3-4-21-13(23)22-15(14(18,19)20)25-11-6-9(16)10(17)7-12(11)26-15/h6-8H,3-5H2,1-2H3,(H2,21,22,23). The zero-order valence-corrected chi connectivity index (χ0v) is 15.4. The Bertz CT molecular complexity index is 640. The molecule has 6 nitrogen and oxygen atoms in total. The van der Waals surface area contributed by atoms with Crippen molar-refractivity contribution < 1.29 is 32.2 Å². The lowest BCUT2D eigenvalue weighted by atomic mass is 10.3. The summed E-state index contributed by atoms with van der Waals surface area (Å²) < 4.78 is 55.4. The van der Waals surface area contributed by atoms with E-state index in [1.54, 1.807) is 5.32 Å². The molecule has 1 aromatic rings. The topological polar surface area (TPSA) is 68.8 Å². The second-order valence-corrected chi connectivity index (χ2v) is 6.50. The van der Waals surface area contributed by atoms with Crippen LogP contribution >= 0.6 is 23.2 Å². The first-order valence-electron chi connectivity index (χ1n) is 7.65. The summed E-state index contributed by atoms with van der Waals surface area (Å²) in [5, 5.41) is 3.93. The van der Waals surface area contributed by atoms with Gasteiger partial charge < -0.3 is 19.5 Å². The van der Waals surface area contributed by atoms with Gasteiger partial charge in [-0.25, -0.2) is 4.79 Å². The summed E-state index contributed by atoms with van der Waals surface area (Å²) in [6, 6.07) is 1.04. The molecule has 2 N–H and O–H groups in total. The van der Waals surface area contributed by atoms with Gasteiger partial charge >= 0.3 is 18.1 Å². The molecule has 1 aromatic carbocycles. The van der Waals surface area contributed by atoms with Crippen molar-refractivity contribution in [3.8, 4) is 11.5 Å². The number of carbonyl (C=O) groups excluding carboxylic acids is 1. The van der Waals surface area contributed by atoms with E-state index in [4.69, 9.17) is 37.4 Å². The summed E-state index contributed by atoms with van der Waals surface area (Å²) in [7, 11) is 0. The Labute approximate surface area is 157 Å². The molecule has 0 saturated carbocycles. The highest BCUT2D eigenvalue weighted by Gasteiger charge is 2.65. The lowest BCUT2D eigenvalue weighted by Gasteiger charge is -2.29. The van der Waals surface area contributed by atoms with Crippen LogP contribution in [0.3, 0.4) is 0 Å². The van der Waals surface area contributed by atoms with E-state index in [1.807, 2.05) is 13.8 Å². The van der Waals surface area contributed by atoms with Crippen molar-refractivity contribution in [2.24, 2.45) is 0 Å². The third kappa shape index (κ3) is 4.77. The highest BCUT2D eigenvalue weighted by Crippen LogP contribution is 2.47. The van der Waals surface area contributed by atoms with Gasteiger partial charge in [0.2, 0.25) is 0 Å². The zero-order valence-electron chi connectivity index (χ0n) is 13.9. The number of urea groups is 1. The molecule has 2 rings (SSSR count). The lowest BCUT2D eigenvalue weighted by Crippen LogP contribution is -2.66. The maximum atomic E-state index is 13.5. The number of amides is 2. The maximum Gasteiger partial charge on any atom is 0.492 e. The average molecular weight is 417 g/mol. The van der Waals surface area contributed by atoms with Crippen molar-refractivity contribution in [2.45, 2.75) is 38.5 Å². The van der Waals surface area contributed by atoms with Gasteiger partial charge in [0.25, 0.3) is 0 Å². The molecule has 26 heavy (non-hydrogen) atoms. The monoisotopic (exact) mass is 416 g/mol. The SMILES string of the molecule is CC(C)OCCCNC(=O)NC1(C(F)(F)F)Oc2cc(Cl)c(Cl)cc2O1. The number of hydrogen-bond acceptors (Lipinski definition) is 4. The molecule has 0 spiro atoms. The van der Waals surface area contributed by atoms with E-state index in [0.717, 1.165) is 12.1 Å². The van der Waals surface area contributed by atoms with Crippen LogP contribution in [0.4, 0.5) is 18.0 Å². The normalized spacial score (nSPS) is 15.2. The van der Waals surface area contributed by atoms with E-state index < -0.39 is 18.1 Å². The van der Waals surface area contributed by atoms with Crippen LogP contribution < -0.4 is 20.1 Å². The molecule has 1 heterocycles. The van der Waals surface area contributed by atoms with Gasteiger partial charge in [0.1, 0.15) is 0 Å². The second kappa shape index (κ2) is 7.98. The highest BCUT2D eigenvalue weighted by molar-refractivity contribution is 6.42. The summed E-state index contributed by atoms with van der Waals surface area (Å²) in [4.78, 5) is 11.9. The second-order valence-electron chi connectivity index (χ2n) is 5.69. The van der Waals surface area contributed by atoms with E-state index in [9.17, 15) is 18.0 Å². The summed E-state index contributed by atoms with van der Waals surface area (Å²) in [5.74, 6) is -3.95. The number of carbonyl (C=O) groups is 1. The quantitative estimate of drug-likeness (QED) is 0.685. The lowest BCUT2D eigenvalue weighted by molar-refractivity contribution is -0.317. The molecular formula is C15H17Cl2F3N2O4. The number of fused-ring (bicyclic) bond motifs is 1. The molecular weight excluding hydrogens is 400 g/mol. The number of alkyl halides is 3. The van der Waals surface area contributed by atoms with Crippen molar-refractivity contribution in [1.82, 2.24) is 10.6 Å². The smallest absolute Gasteiger partial charge is 0.424 e. The van der Waals surface area contributed by atoms with Gasteiger partial charge in [0.05, 0.1) is 16.1 Å². The van der Waals surface area contributed by atoms with Crippen LogP contribution in [0.15, 0.2) is 12.1 Å². The van der Waals surface area contributed by atoms with Gasteiger partial charge in [-0.1, -0.05) is 23.2 Å². The summed E-state index contributed by atoms with van der Waals surface area (Å²) in [5.41, 5.74) is 0. The van der Waals surface area contributed by atoms with Crippen LogP contribution in [0.1, 0.15) is 20.3 Å². The van der Waals surface area contributed by atoms with Crippen LogP contribution in [-0.2, 0) is 4.74 Å². The molecule has 1 aliphatic heterocycles. The van der Waals surface area contributed by atoms with Crippen molar-refractivity contribution in [3.63, 3.8) is 0 Å². The van der Waals surface area contributed by atoms with Gasteiger partial charge in [0.15, 0.2) is 11.5 Å². The molecule has 0 radical (unpaired) electrons. The van der Waals surface area contributed by atoms with Crippen LogP contribution in [0.2, 0.25) is 10.0 Å². The van der Waals surface area contributed by atoms with Crippen LogP contribution in [-0.4, -0.2) is 37.4 Å². The molecule has 0 aromatic heterocycles. The minimum absolute atomic E-state index is 0.0124. The Kier molecular flexibility index (Phi) is 6.36. The van der Waals surface area contributed by atoms with Crippen LogP contribution in [0.5, 0.6) is 11.5 Å². The van der Waals surface area contributed by atoms with Crippen molar-refractivity contribution >= 4 is 29.2 Å². The average Bonchev–Trinajstić information content (AvgIpc) is 2.85. The molecule has 0 bridgehead atoms. The Morgan fingerprint density at radius 2 is 1.77 bits per heavy atom. The van der Waals surface area contributed by atoms with Crippen LogP contribution in [0.25, 0.3) is 0 Å². The van der Waals surface area contributed by atoms with Gasteiger partial charge in [-0.2, -0.15) is 13.2 Å². The van der Waals surface area contributed by atoms with E-state index in [-0.39, 0.29) is 34.2 Å². The minimum atomic E-state index is -5.07. The molecule has 1 aliphatic rings. The first kappa shape index (κ1) is 20.7.